The lowest BCUT2D eigenvalue weighted by Crippen LogP contribution is -2.27. The summed E-state index contributed by atoms with van der Waals surface area (Å²) in [5, 5.41) is 2.84. The van der Waals surface area contributed by atoms with E-state index in [0.717, 1.165) is 25.5 Å². The average Bonchev–Trinajstić information content (AvgIpc) is 3.13. The summed E-state index contributed by atoms with van der Waals surface area (Å²) in [5.74, 6) is -0.289. The van der Waals surface area contributed by atoms with Crippen molar-refractivity contribution in [1.82, 2.24) is 5.32 Å². The Balaban J connectivity index is 1.58. The smallest absolute Gasteiger partial charge is 0.229 e. The van der Waals surface area contributed by atoms with Crippen LogP contribution in [0.25, 0.3) is 0 Å². The number of rotatable bonds is 8. The van der Waals surface area contributed by atoms with E-state index in [0.29, 0.717) is 16.8 Å². The number of sulfonamides is 1. The Morgan fingerprint density at radius 2 is 1.76 bits per heavy atom. The molecule has 0 spiro atoms. The first kappa shape index (κ1) is 21.0. The van der Waals surface area contributed by atoms with Crippen molar-refractivity contribution in [1.29, 1.82) is 0 Å². The second-order valence-electron chi connectivity index (χ2n) is 7.51. The summed E-state index contributed by atoms with van der Waals surface area (Å²) >= 11 is 0. The van der Waals surface area contributed by atoms with Crippen LogP contribution >= 0.6 is 0 Å². The van der Waals surface area contributed by atoms with Crippen molar-refractivity contribution in [2.45, 2.75) is 45.1 Å². The second-order valence-corrected chi connectivity index (χ2v) is 9.26. The Morgan fingerprint density at radius 3 is 2.52 bits per heavy atom. The van der Waals surface area contributed by atoms with E-state index in [9.17, 15) is 18.0 Å². The number of nitrogens with one attached hydrogen (secondary N) is 2. The van der Waals surface area contributed by atoms with Crippen LogP contribution in [0.1, 0.15) is 59.3 Å². The maximum Gasteiger partial charge on any atom is 0.229 e. The summed E-state index contributed by atoms with van der Waals surface area (Å²) in [6, 6.07) is 12.3. The van der Waals surface area contributed by atoms with Gasteiger partial charge in [-0.15, -0.1) is 0 Å². The number of hydrogen-bond acceptors (Lipinski definition) is 4. The third kappa shape index (κ3) is 5.67. The Hall–Kier alpha value is -2.67. The highest BCUT2D eigenvalue weighted by atomic mass is 32.2. The van der Waals surface area contributed by atoms with Crippen LogP contribution in [0.4, 0.5) is 5.69 Å². The average molecular weight is 415 g/mol. The zero-order valence-electron chi connectivity index (χ0n) is 16.7. The Morgan fingerprint density at radius 1 is 1.03 bits per heavy atom. The largest absolute Gasteiger partial charge is 0.349 e. The van der Waals surface area contributed by atoms with Crippen LogP contribution in [-0.2, 0) is 27.7 Å². The van der Waals surface area contributed by atoms with Crippen molar-refractivity contribution < 1.29 is 18.0 Å². The van der Waals surface area contributed by atoms with Gasteiger partial charge in [-0.25, -0.2) is 8.42 Å². The van der Waals surface area contributed by atoms with Gasteiger partial charge < -0.3 is 5.32 Å². The number of anilines is 1. The maximum absolute atomic E-state index is 12.5. The van der Waals surface area contributed by atoms with Gasteiger partial charge in [0.2, 0.25) is 15.9 Å². The Kier molecular flexibility index (Phi) is 6.37. The van der Waals surface area contributed by atoms with Crippen molar-refractivity contribution in [3.63, 3.8) is 0 Å². The van der Waals surface area contributed by atoms with Gasteiger partial charge in [-0.3, -0.25) is 14.3 Å². The van der Waals surface area contributed by atoms with Gasteiger partial charge >= 0.3 is 0 Å². The first-order valence-electron chi connectivity index (χ1n) is 9.74. The van der Waals surface area contributed by atoms with Crippen molar-refractivity contribution in [2.75, 3.05) is 11.0 Å². The molecule has 2 N–H and O–H groups in total. The number of benzene rings is 2. The number of ketones is 1. The van der Waals surface area contributed by atoms with Gasteiger partial charge in [-0.1, -0.05) is 30.3 Å². The molecule has 1 atom stereocenters. The van der Waals surface area contributed by atoms with Crippen LogP contribution in [0.5, 0.6) is 0 Å². The van der Waals surface area contributed by atoms with Gasteiger partial charge in [0.15, 0.2) is 5.78 Å². The molecule has 0 saturated carbocycles. The molecular formula is C22H26N2O4S. The minimum absolute atomic E-state index is 0.0401. The zero-order valence-corrected chi connectivity index (χ0v) is 17.5. The standard InChI is InChI=1S/C22H26N2O4S/c1-15(19-8-3-4-9-20(19)24-29(2,27)28)23-22(26)13-12-21(25)18-11-10-16-6-5-7-17(16)14-18/h3-4,8-11,14-15,24H,5-7,12-13H2,1-2H3,(H,23,26). The lowest BCUT2D eigenvalue weighted by Gasteiger charge is -2.18. The van der Waals surface area contributed by atoms with Crippen LogP contribution in [-0.4, -0.2) is 26.4 Å². The topological polar surface area (TPSA) is 92.3 Å². The Bertz CT molecular complexity index is 1030. The highest BCUT2D eigenvalue weighted by Crippen LogP contribution is 2.25. The molecule has 0 aromatic heterocycles. The van der Waals surface area contributed by atoms with E-state index in [1.807, 2.05) is 18.2 Å². The van der Waals surface area contributed by atoms with Gasteiger partial charge in [-0.05, 0) is 55.0 Å². The highest BCUT2D eigenvalue weighted by molar-refractivity contribution is 7.92. The van der Waals surface area contributed by atoms with E-state index in [4.69, 9.17) is 0 Å². The summed E-state index contributed by atoms with van der Waals surface area (Å²) in [7, 11) is -3.43. The molecule has 7 heteroatoms. The van der Waals surface area contributed by atoms with E-state index in [1.54, 1.807) is 31.2 Å². The summed E-state index contributed by atoms with van der Waals surface area (Å²) in [5.41, 5.74) is 4.31. The number of carbonyl (C=O) groups is 2. The van der Waals surface area contributed by atoms with Gasteiger partial charge in [-0.2, -0.15) is 0 Å². The molecule has 1 aliphatic rings. The van der Waals surface area contributed by atoms with E-state index in [-0.39, 0.29) is 24.5 Å². The summed E-state index contributed by atoms with van der Waals surface area (Å²) in [6.07, 6.45) is 4.51. The number of carbonyl (C=O) groups excluding carboxylic acids is 2. The Labute approximate surface area is 171 Å². The van der Waals surface area contributed by atoms with Gasteiger partial charge in [0, 0.05) is 18.4 Å². The molecule has 6 nitrogen and oxygen atoms in total. The highest BCUT2D eigenvalue weighted by Gasteiger charge is 2.17. The minimum atomic E-state index is -3.43. The molecule has 154 valence electrons. The molecule has 1 amide bonds. The number of fused-ring (bicyclic) bond motifs is 1. The van der Waals surface area contributed by atoms with E-state index in [2.05, 4.69) is 10.0 Å². The van der Waals surface area contributed by atoms with Crippen molar-refractivity contribution in [3.05, 3.63) is 64.7 Å². The molecule has 1 aliphatic carbocycles. The summed E-state index contributed by atoms with van der Waals surface area (Å²) < 4.78 is 25.6. The summed E-state index contributed by atoms with van der Waals surface area (Å²) in [4.78, 5) is 24.8. The van der Waals surface area contributed by atoms with Gasteiger partial charge in [0.05, 0.1) is 18.0 Å². The normalized spacial score (nSPS) is 14.1. The maximum atomic E-state index is 12.5. The van der Waals surface area contributed by atoms with E-state index in [1.165, 1.54) is 11.1 Å². The lowest BCUT2D eigenvalue weighted by molar-refractivity contribution is -0.121. The fourth-order valence-corrected chi connectivity index (χ4v) is 4.26. The molecule has 0 heterocycles. The van der Waals surface area contributed by atoms with Crippen LogP contribution in [0.2, 0.25) is 0 Å². The molecule has 0 radical (unpaired) electrons. The number of para-hydroxylation sites is 1. The number of Topliss-reactive ketones (excluding diaryl/α,β-unsaturated/α-hetero) is 1. The van der Waals surface area contributed by atoms with Crippen LogP contribution < -0.4 is 10.0 Å². The molecule has 3 rings (SSSR count). The fraction of sp³-hybridized carbons (Fsp3) is 0.364. The van der Waals surface area contributed by atoms with E-state index >= 15 is 0 Å². The molecule has 2 aromatic carbocycles. The zero-order chi connectivity index (χ0) is 21.0. The molecule has 0 aliphatic heterocycles. The molecule has 29 heavy (non-hydrogen) atoms. The van der Waals surface area contributed by atoms with Gasteiger partial charge in [0.25, 0.3) is 0 Å². The quantitative estimate of drug-likeness (QED) is 0.648. The first-order valence-corrected chi connectivity index (χ1v) is 11.6. The van der Waals surface area contributed by atoms with Crippen LogP contribution in [0.3, 0.4) is 0 Å². The second kappa shape index (κ2) is 8.78. The minimum Gasteiger partial charge on any atom is -0.349 e. The van der Waals surface area contributed by atoms with E-state index < -0.39 is 16.1 Å². The molecule has 0 fully saturated rings. The number of hydrogen-bond donors (Lipinski definition) is 2. The third-order valence-corrected chi connectivity index (χ3v) is 5.69. The first-order chi connectivity index (χ1) is 13.7. The van der Waals surface area contributed by atoms with Gasteiger partial charge in [0.1, 0.15) is 0 Å². The molecule has 0 bridgehead atoms. The molecule has 2 aromatic rings. The van der Waals surface area contributed by atoms with Crippen molar-refractivity contribution >= 4 is 27.4 Å². The lowest BCUT2D eigenvalue weighted by atomic mass is 10.0. The predicted molar refractivity (Wildman–Crippen MR) is 113 cm³/mol. The van der Waals surface area contributed by atoms with Crippen LogP contribution in [0.15, 0.2) is 42.5 Å². The predicted octanol–water partition coefficient (Wildman–Crippen LogP) is 3.39. The van der Waals surface area contributed by atoms with Crippen molar-refractivity contribution in [3.8, 4) is 0 Å². The SMILES string of the molecule is CC(NC(=O)CCC(=O)c1ccc2c(c1)CCC2)c1ccccc1NS(C)(=O)=O. The van der Waals surface area contributed by atoms with Crippen molar-refractivity contribution in [2.24, 2.45) is 0 Å². The van der Waals surface area contributed by atoms with Crippen LogP contribution in [0, 0.1) is 0 Å². The monoisotopic (exact) mass is 414 g/mol. The fourth-order valence-electron chi connectivity index (χ4n) is 3.68. The molecule has 0 saturated heterocycles. The molecule has 1 unspecified atom stereocenters. The molecular weight excluding hydrogens is 388 g/mol. The number of amides is 1. The third-order valence-electron chi connectivity index (χ3n) is 5.10. The summed E-state index contributed by atoms with van der Waals surface area (Å²) in [6.45, 7) is 1.78. The number of aryl methyl sites for hydroxylation is 2.